The maximum atomic E-state index is 13.4. The first-order chi connectivity index (χ1) is 21.4. The van der Waals surface area contributed by atoms with Crippen molar-refractivity contribution in [1.82, 2.24) is 4.90 Å². The Morgan fingerprint density at radius 1 is 0.822 bits per heavy atom. The van der Waals surface area contributed by atoms with Crippen molar-refractivity contribution in [2.45, 2.75) is 70.8 Å². The van der Waals surface area contributed by atoms with Crippen molar-refractivity contribution in [3.8, 4) is 28.4 Å². The van der Waals surface area contributed by atoms with Crippen LogP contribution >= 0.6 is 0 Å². The lowest BCUT2D eigenvalue weighted by Gasteiger charge is -2.42. The van der Waals surface area contributed by atoms with Gasteiger partial charge in [-0.1, -0.05) is 18.2 Å². The first-order valence-electron chi connectivity index (χ1n) is 15.4. The molecule has 1 saturated heterocycles. The van der Waals surface area contributed by atoms with E-state index in [1.807, 2.05) is 24.3 Å². The number of anilines is 1. The molecule has 5 rings (SSSR count). The lowest BCUT2D eigenvalue weighted by Crippen LogP contribution is -2.45. The molecule has 6 nitrogen and oxygen atoms in total. The van der Waals surface area contributed by atoms with Gasteiger partial charge in [0.15, 0.2) is 17.4 Å². The van der Waals surface area contributed by atoms with Crippen molar-refractivity contribution in [2.24, 2.45) is 0 Å². The molecule has 0 bridgehead atoms. The second kappa shape index (κ2) is 13.2. The number of ether oxygens (including phenoxy) is 4. The molecule has 0 atom stereocenters. The van der Waals surface area contributed by atoms with Gasteiger partial charge in [-0.05, 0) is 111 Å². The maximum absolute atomic E-state index is 13.4. The summed E-state index contributed by atoms with van der Waals surface area (Å²) in [4.78, 5) is 4.60. The van der Waals surface area contributed by atoms with E-state index in [2.05, 4.69) is 42.7 Å². The van der Waals surface area contributed by atoms with Crippen LogP contribution in [0.15, 0.2) is 72.1 Å². The van der Waals surface area contributed by atoms with Gasteiger partial charge in [-0.3, -0.25) is 0 Å². The Morgan fingerprint density at radius 2 is 1.44 bits per heavy atom. The van der Waals surface area contributed by atoms with E-state index in [0.29, 0.717) is 23.8 Å². The van der Waals surface area contributed by atoms with Gasteiger partial charge in [0, 0.05) is 31.4 Å². The third-order valence-corrected chi connectivity index (χ3v) is 8.20. The van der Waals surface area contributed by atoms with E-state index < -0.39 is 11.7 Å². The summed E-state index contributed by atoms with van der Waals surface area (Å²) in [5.74, 6) is 2.66. The van der Waals surface area contributed by atoms with Gasteiger partial charge in [-0.2, -0.15) is 13.2 Å². The molecule has 1 saturated carbocycles. The minimum Gasteiger partial charge on any atom is -0.493 e. The van der Waals surface area contributed by atoms with E-state index in [-0.39, 0.29) is 11.6 Å². The number of hydrogen-bond acceptors (Lipinski definition) is 6. The summed E-state index contributed by atoms with van der Waals surface area (Å²) >= 11 is 0. The first-order valence-corrected chi connectivity index (χ1v) is 15.4. The van der Waals surface area contributed by atoms with Gasteiger partial charge in [-0.15, -0.1) is 0 Å². The Bertz CT molecular complexity index is 1470. The second-order valence-electron chi connectivity index (χ2n) is 12.6. The molecule has 0 N–H and O–H groups in total. The number of rotatable bonds is 10. The van der Waals surface area contributed by atoms with Gasteiger partial charge in [0.05, 0.1) is 26.9 Å². The summed E-state index contributed by atoms with van der Waals surface area (Å²) in [5, 5.41) is 0. The van der Waals surface area contributed by atoms with Gasteiger partial charge >= 0.3 is 6.18 Å². The molecular weight excluding hydrogens is 581 g/mol. The highest BCUT2D eigenvalue weighted by molar-refractivity contribution is 5.71. The number of hydrogen-bond donors (Lipinski definition) is 0. The van der Waals surface area contributed by atoms with Crippen LogP contribution in [-0.4, -0.2) is 51.0 Å². The number of halogens is 3. The van der Waals surface area contributed by atoms with Gasteiger partial charge in [-0.25, -0.2) is 0 Å². The smallest absolute Gasteiger partial charge is 0.416 e. The maximum Gasteiger partial charge on any atom is 0.416 e. The van der Waals surface area contributed by atoms with Crippen LogP contribution in [0.25, 0.3) is 11.1 Å². The minimum absolute atomic E-state index is 0.142. The van der Waals surface area contributed by atoms with Crippen molar-refractivity contribution in [3.63, 3.8) is 0 Å². The zero-order valence-corrected chi connectivity index (χ0v) is 27.0. The average molecular weight is 625 g/mol. The lowest BCUT2D eigenvalue weighted by molar-refractivity contribution is -0.137. The molecule has 1 aliphatic carbocycles. The van der Waals surface area contributed by atoms with Crippen molar-refractivity contribution >= 4 is 5.69 Å². The Morgan fingerprint density at radius 3 is 1.96 bits per heavy atom. The van der Waals surface area contributed by atoms with Crippen molar-refractivity contribution in [2.75, 3.05) is 39.3 Å². The average Bonchev–Trinajstić information content (AvgIpc) is 3.87. The number of alkyl halides is 3. The molecule has 0 radical (unpaired) electrons. The summed E-state index contributed by atoms with van der Waals surface area (Å²) in [6.07, 6.45) is -0.518. The molecule has 0 amide bonds. The minimum atomic E-state index is -4.39. The van der Waals surface area contributed by atoms with Crippen LogP contribution in [0.5, 0.6) is 17.2 Å². The van der Waals surface area contributed by atoms with E-state index in [0.717, 1.165) is 67.0 Å². The third-order valence-electron chi connectivity index (χ3n) is 8.20. The fraction of sp³-hybridized carbons (Fsp3) is 0.444. The van der Waals surface area contributed by atoms with Gasteiger partial charge in [0.25, 0.3) is 0 Å². The fourth-order valence-electron chi connectivity index (χ4n) is 5.87. The van der Waals surface area contributed by atoms with E-state index in [9.17, 15) is 13.2 Å². The van der Waals surface area contributed by atoms with Crippen LogP contribution in [0.4, 0.5) is 18.9 Å². The summed E-state index contributed by atoms with van der Waals surface area (Å²) in [5.41, 5.74) is 4.12. The normalized spacial score (nSPS) is 15.5. The molecule has 1 aliphatic heterocycles. The molecule has 2 aliphatic rings. The Kier molecular flexibility index (Phi) is 9.46. The molecule has 0 unspecified atom stereocenters. The number of benzene rings is 3. The van der Waals surface area contributed by atoms with E-state index in [1.165, 1.54) is 17.7 Å². The summed E-state index contributed by atoms with van der Waals surface area (Å²) in [6, 6.07) is 17.7. The second-order valence-corrected chi connectivity index (χ2v) is 12.6. The number of allylic oxidation sites excluding steroid dienone is 1. The van der Waals surface area contributed by atoms with Crippen molar-refractivity contribution in [1.29, 1.82) is 0 Å². The lowest BCUT2D eigenvalue weighted by atomic mass is 9.99. The highest BCUT2D eigenvalue weighted by Crippen LogP contribution is 2.42. The molecular formula is C36H43F3N2O4. The SMILES string of the molecule is COc1cc(-c2cccc(CN(c3ccc(C(F)(F)F)cc3)C3CCN(C(OC(C)(C)C)=C4CC4)CC3)c2)cc(OC)c1OC. The highest BCUT2D eigenvalue weighted by atomic mass is 19.4. The van der Waals surface area contributed by atoms with Crippen molar-refractivity contribution in [3.05, 3.63) is 83.2 Å². The number of methoxy groups -OCH3 is 3. The predicted octanol–water partition coefficient (Wildman–Crippen LogP) is 8.69. The van der Waals surface area contributed by atoms with E-state index in [4.69, 9.17) is 18.9 Å². The predicted molar refractivity (Wildman–Crippen MR) is 171 cm³/mol. The fourth-order valence-corrected chi connectivity index (χ4v) is 5.87. The molecule has 9 heteroatoms. The molecule has 2 fully saturated rings. The highest BCUT2D eigenvalue weighted by Gasteiger charge is 2.33. The monoisotopic (exact) mass is 624 g/mol. The number of piperidine rings is 1. The van der Waals surface area contributed by atoms with Gasteiger partial charge < -0.3 is 28.7 Å². The Labute approximate surface area is 264 Å². The first kappa shape index (κ1) is 32.4. The Balaban J connectivity index is 1.42. The van der Waals surface area contributed by atoms with Crippen molar-refractivity contribution < 1.29 is 32.1 Å². The molecule has 1 heterocycles. The third kappa shape index (κ3) is 7.81. The van der Waals surface area contributed by atoms with Crippen LogP contribution in [0, 0.1) is 0 Å². The van der Waals surface area contributed by atoms with E-state index >= 15 is 0 Å². The zero-order chi connectivity index (χ0) is 32.4. The van der Waals surface area contributed by atoms with Crippen LogP contribution < -0.4 is 19.1 Å². The van der Waals surface area contributed by atoms with Crippen LogP contribution in [-0.2, 0) is 17.5 Å². The van der Waals surface area contributed by atoms with Crippen LogP contribution in [0.1, 0.15) is 57.6 Å². The summed E-state index contributed by atoms with van der Waals surface area (Å²) < 4.78 is 63.3. The standard InChI is InChI=1S/C36H43F3N2O4/c1-35(2,3)45-34(25-10-11-25)40-18-16-30(17-19-40)41(29-14-12-28(13-15-29)36(37,38)39)23-24-8-7-9-26(20-24)27-21-31(42-4)33(44-6)32(22-27)43-5/h7-9,12-15,20-22,30H,10-11,16-19,23H2,1-6H3. The number of likely N-dealkylation sites (tertiary alicyclic amines) is 1. The topological polar surface area (TPSA) is 43.4 Å². The molecule has 0 aromatic heterocycles. The molecule has 45 heavy (non-hydrogen) atoms. The quantitative estimate of drug-likeness (QED) is 0.210. The number of nitrogens with zero attached hydrogens (tertiary/aromatic N) is 2. The van der Waals surface area contributed by atoms with Gasteiger partial charge in [0.2, 0.25) is 5.75 Å². The van der Waals surface area contributed by atoms with Gasteiger partial charge in [0.1, 0.15) is 5.60 Å². The summed E-state index contributed by atoms with van der Waals surface area (Å²) in [6.45, 7) is 8.40. The summed E-state index contributed by atoms with van der Waals surface area (Å²) in [7, 11) is 4.75. The molecule has 242 valence electrons. The molecule has 0 spiro atoms. The molecule has 3 aromatic rings. The molecule has 3 aromatic carbocycles. The zero-order valence-electron chi connectivity index (χ0n) is 27.0. The van der Waals surface area contributed by atoms with Crippen LogP contribution in [0.2, 0.25) is 0 Å². The largest absolute Gasteiger partial charge is 0.493 e. The Hall–Kier alpha value is -4.01. The van der Waals surface area contributed by atoms with Crippen LogP contribution in [0.3, 0.4) is 0 Å². The van der Waals surface area contributed by atoms with E-state index in [1.54, 1.807) is 33.5 Å².